The molecule has 9 heavy (non-hydrogen) atoms. The van der Waals surface area contributed by atoms with Crippen molar-refractivity contribution in [2.45, 2.75) is 19.4 Å². The van der Waals surface area contributed by atoms with Crippen LogP contribution in [0.2, 0.25) is 0 Å². The van der Waals surface area contributed by atoms with Crippen molar-refractivity contribution in [2.75, 3.05) is 6.61 Å². The molecular weight excluding hydrogens is 144 g/mol. The van der Waals surface area contributed by atoms with Crippen molar-refractivity contribution in [3.8, 4) is 0 Å². The first-order chi connectivity index (χ1) is 3.92. The molecule has 0 saturated heterocycles. The zero-order chi connectivity index (χ0) is 7.49. The number of hydrogen-bond donors (Lipinski definition) is 2. The molecule has 2 N–H and O–H groups in total. The summed E-state index contributed by atoms with van der Waals surface area (Å²) in [5.74, 6) is 0. The maximum absolute atomic E-state index is 9.82. The third-order valence-electron chi connectivity index (χ3n) is 0.513. The van der Waals surface area contributed by atoms with Crippen molar-refractivity contribution in [1.82, 2.24) is 0 Å². The van der Waals surface area contributed by atoms with Crippen LogP contribution in [0.3, 0.4) is 0 Å². The minimum atomic E-state index is -2.27. The zero-order valence-corrected chi connectivity index (χ0v) is 6.14. The topological polar surface area (TPSA) is 66.8 Å². The Labute approximate surface area is 56.3 Å². The van der Waals surface area contributed by atoms with Crippen LogP contribution in [-0.2, 0) is 15.5 Å². The fourth-order valence-corrected chi connectivity index (χ4v) is 0.584. The van der Waals surface area contributed by atoms with Gasteiger partial charge in [-0.05, 0) is 13.8 Å². The van der Waals surface area contributed by atoms with E-state index in [2.05, 4.69) is 4.18 Å². The van der Waals surface area contributed by atoms with E-state index in [9.17, 15) is 4.21 Å². The molecule has 0 radical (unpaired) electrons. The second-order valence-electron chi connectivity index (χ2n) is 2.29. The second kappa shape index (κ2) is 3.26. The van der Waals surface area contributed by atoms with Gasteiger partial charge in [-0.25, -0.2) is 0 Å². The van der Waals surface area contributed by atoms with E-state index in [1.165, 1.54) is 13.8 Å². The van der Waals surface area contributed by atoms with Crippen molar-refractivity contribution in [3.63, 3.8) is 0 Å². The van der Waals surface area contributed by atoms with Crippen molar-refractivity contribution in [1.29, 1.82) is 0 Å². The van der Waals surface area contributed by atoms with E-state index in [-0.39, 0.29) is 6.61 Å². The molecule has 5 heteroatoms. The molecule has 0 amide bonds. The number of rotatable bonds is 3. The number of aliphatic hydroxyl groups is 1. The van der Waals surface area contributed by atoms with Crippen molar-refractivity contribution < 1.29 is 18.1 Å². The Kier molecular flexibility index (Phi) is 3.27. The Morgan fingerprint density at radius 3 is 2.22 bits per heavy atom. The summed E-state index contributed by atoms with van der Waals surface area (Å²) in [5, 5.41) is 8.90. The molecule has 1 atom stereocenters. The lowest BCUT2D eigenvalue weighted by Gasteiger charge is -2.13. The average molecular weight is 154 g/mol. The summed E-state index contributed by atoms with van der Waals surface area (Å²) in [6, 6.07) is 0. The van der Waals surface area contributed by atoms with Crippen molar-refractivity contribution >= 4 is 11.4 Å². The van der Waals surface area contributed by atoms with Crippen LogP contribution in [0.5, 0.6) is 0 Å². The minimum Gasteiger partial charge on any atom is -0.388 e. The summed E-state index contributed by atoms with van der Waals surface area (Å²) in [6.45, 7) is 2.83. The summed E-state index contributed by atoms with van der Waals surface area (Å²) >= 11 is -2.27. The van der Waals surface area contributed by atoms with Crippen LogP contribution < -0.4 is 0 Å². The van der Waals surface area contributed by atoms with Gasteiger partial charge in [0.2, 0.25) is 0 Å². The van der Waals surface area contributed by atoms with Gasteiger partial charge >= 0.3 is 11.4 Å². The van der Waals surface area contributed by atoms with Crippen LogP contribution in [-0.4, -0.2) is 26.1 Å². The highest BCUT2D eigenvalue weighted by Crippen LogP contribution is 2.00. The van der Waals surface area contributed by atoms with Gasteiger partial charge in [0.05, 0.1) is 12.2 Å². The van der Waals surface area contributed by atoms with E-state index in [0.717, 1.165) is 0 Å². The lowest BCUT2D eigenvalue weighted by Crippen LogP contribution is -2.26. The first-order valence-electron chi connectivity index (χ1n) is 2.38. The highest BCUT2D eigenvalue weighted by Gasteiger charge is 2.13. The molecule has 0 saturated carbocycles. The van der Waals surface area contributed by atoms with Gasteiger partial charge in [-0.1, -0.05) is 0 Å². The second-order valence-corrected chi connectivity index (χ2v) is 2.96. The van der Waals surface area contributed by atoms with Crippen molar-refractivity contribution in [3.05, 3.63) is 0 Å². The quantitative estimate of drug-likeness (QED) is 0.557. The molecule has 0 fully saturated rings. The summed E-state index contributed by atoms with van der Waals surface area (Å²) in [4.78, 5) is 0. The Bertz CT molecular complexity index is 106. The van der Waals surface area contributed by atoms with Gasteiger partial charge in [0.15, 0.2) is 0 Å². The lowest BCUT2D eigenvalue weighted by molar-refractivity contribution is 0.0301. The van der Waals surface area contributed by atoms with Crippen LogP contribution in [0.4, 0.5) is 0 Å². The molecule has 0 aromatic rings. The van der Waals surface area contributed by atoms with Crippen LogP contribution in [0.1, 0.15) is 13.8 Å². The largest absolute Gasteiger partial charge is 0.388 e. The third kappa shape index (κ3) is 8.03. The van der Waals surface area contributed by atoms with Gasteiger partial charge in [0.25, 0.3) is 0 Å². The van der Waals surface area contributed by atoms with Gasteiger partial charge in [0.1, 0.15) is 0 Å². The molecule has 0 spiro atoms. The fraction of sp³-hybridized carbons (Fsp3) is 1.00. The lowest BCUT2D eigenvalue weighted by atomic mass is 10.2. The summed E-state index contributed by atoms with van der Waals surface area (Å²) < 4.78 is 22.1. The average Bonchev–Trinajstić information content (AvgIpc) is 1.59. The Morgan fingerprint density at radius 2 is 2.11 bits per heavy atom. The zero-order valence-electron chi connectivity index (χ0n) is 5.33. The maximum atomic E-state index is 9.82. The minimum absolute atomic E-state index is 0.143. The number of hydrogen-bond acceptors (Lipinski definition) is 3. The van der Waals surface area contributed by atoms with E-state index in [1.807, 2.05) is 0 Å². The third-order valence-corrected chi connectivity index (χ3v) is 0.832. The van der Waals surface area contributed by atoms with E-state index in [4.69, 9.17) is 9.66 Å². The molecule has 0 aliphatic carbocycles. The first-order valence-corrected chi connectivity index (χ1v) is 3.41. The van der Waals surface area contributed by atoms with Crippen LogP contribution >= 0.6 is 0 Å². The Balaban J connectivity index is 3.39. The normalized spacial score (nSPS) is 15.6. The molecule has 4 nitrogen and oxygen atoms in total. The van der Waals surface area contributed by atoms with E-state index < -0.39 is 17.0 Å². The van der Waals surface area contributed by atoms with E-state index in [0.29, 0.717) is 0 Å². The molecule has 0 aliphatic heterocycles. The molecule has 0 aromatic carbocycles. The van der Waals surface area contributed by atoms with Crippen LogP contribution in [0.25, 0.3) is 0 Å². The van der Waals surface area contributed by atoms with Crippen LogP contribution in [0, 0.1) is 0 Å². The van der Waals surface area contributed by atoms with Crippen LogP contribution in [0.15, 0.2) is 0 Å². The molecule has 0 rings (SSSR count). The highest BCUT2D eigenvalue weighted by atomic mass is 32.2. The predicted octanol–water partition coefficient (Wildman–Crippen LogP) is -0.0894. The monoisotopic (exact) mass is 154 g/mol. The SMILES string of the molecule is CC(C)(O)COS(=O)O. The summed E-state index contributed by atoms with van der Waals surface area (Å²) in [7, 11) is 0. The summed E-state index contributed by atoms with van der Waals surface area (Å²) in [5.41, 5.74) is -1.04. The molecule has 0 aliphatic rings. The van der Waals surface area contributed by atoms with E-state index >= 15 is 0 Å². The molecule has 0 bridgehead atoms. The standard InChI is InChI=1S/C4H10O4S/c1-4(2,5)3-8-9(6)7/h5H,3H2,1-2H3,(H,6,7). The predicted molar refractivity (Wildman–Crippen MR) is 33.0 cm³/mol. The van der Waals surface area contributed by atoms with Gasteiger partial charge in [-0.15, -0.1) is 0 Å². The molecular formula is C4H10O4S. The molecule has 1 unspecified atom stereocenters. The van der Waals surface area contributed by atoms with Gasteiger partial charge in [-0.3, -0.25) is 8.74 Å². The summed E-state index contributed by atoms with van der Waals surface area (Å²) in [6.07, 6.45) is 0. The molecule has 0 heterocycles. The van der Waals surface area contributed by atoms with E-state index in [1.54, 1.807) is 0 Å². The molecule has 56 valence electrons. The molecule has 0 aromatic heterocycles. The Morgan fingerprint density at radius 1 is 1.67 bits per heavy atom. The van der Waals surface area contributed by atoms with Gasteiger partial charge in [-0.2, -0.15) is 4.21 Å². The fourth-order valence-electron chi connectivity index (χ4n) is 0.195. The van der Waals surface area contributed by atoms with Crippen molar-refractivity contribution in [2.24, 2.45) is 0 Å². The first kappa shape index (κ1) is 9.03. The van der Waals surface area contributed by atoms with Gasteiger partial charge < -0.3 is 5.11 Å². The smallest absolute Gasteiger partial charge is 0.301 e. The highest BCUT2D eigenvalue weighted by molar-refractivity contribution is 7.74. The maximum Gasteiger partial charge on any atom is 0.301 e. The Hall–Kier alpha value is 0.0300. The van der Waals surface area contributed by atoms with Gasteiger partial charge in [0, 0.05) is 0 Å².